The van der Waals surface area contributed by atoms with Crippen LogP contribution in [0.15, 0.2) is 26.7 Å². The molecule has 0 aliphatic carbocycles. The highest BCUT2D eigenvalue weighted by Crippen LogP contribution is 2.42. The van der Waals surface area contributed by atoms with Crippen LogP contribution in [0.2, 0.25) is 0 Å². The number of H-pyrrole nitrogens is 1. The molecule has 3 aromatic heterocycles. The second-order valence-corrected chi connectivity index (χ2v) is 14.7. The van der Waals surface area contributed by atoms with Gasteiger partial charge in [-0.1, -0.05) is 20.8 Å². The van der Waals surface area contributed by atoms with Crippen LogP contribution in [-0.2, 0) is 10.0 Å². The summed E-state index contributed by atoms with van der Waals surface area (Å²) < 4.78 is 46.3. The molecule has 1 saturated heterocycles. The van der Waals surface area contributed by atoms with Gasteiger partial charge in [0.25, 0.3) is 10.0 Å². The van der Waals surface area contributed by atoms with Gasteiger partial charge in [-0.3, -0.25) is 4.99 Å². The van der Waals surface area contributed by atoms with Crippen molar-refractivity contribution in [3.05, 3.63) is 32.8 Å². The van der Waals surface area contributed by atoms with Gasteiger partial charge in [0.1, 0.15) is 0 Å². The zero-order valence-corrected chi connectivity index (χ0v) is 23.1. The van der Waals surface area contributed by atoms with Crippen LogP contribution in [0.3, 0.4) is 0 Å². The number of hydrogen-bond donors (Lipinski definition) is 4. The molecule has 1 aliphatic heterocycles. The number of anilines is 2. The molecular weight excluding hydrogens is 531 g/mol. The molecule has 14 heteroatoms. The third-order valence-electron chi connectivity index (χ3n) is 5.75. The van der Waals surface area contributed by atoms with E-state index < -0.39 is 33.0 Å². The molecule has 192 valence electrons. The van der Waals surface area contributed by atoms with Crippen LogP contribution < -0.4 is 10.8 Å². The predicted molar refractivity (Wildman–Crippen MR) is 137 cm³/mol. The van der Waals surface area contributed by atoms with E-state index in [9.17, 15) is 23.2 Å². The first-order valence-corrected chi connectivity index (χ1v) is 15.3. The molecule has 3 aromatic rings. The van der Waals surface area contributed by atoms with E-state index >= 15 is 0 Å². The maximum atomic E-state index is 13.1. The fourth-order valence-corrected chi connectivity index (χ4v) is 8.87. The number of aromatic nitrogens is 2. The molecule has 10 nitrogen and oxygen atoms in total. The quantitative estimate of drug-likeness (QED) is 0.321. The number of nitrogens with zero attached hydrogens (tertiary/aromatic N) is 3. The lowest BCUT2D eigenvalue weighted by Gasteiger charge is -2.26. The number of hydrogen-bond acceptors (Lipinski definition) is 10. The number of thiophene rings is 2. The van der Waals surface area contributed by atoms with E-state index in [0.29, 0.717) is 12.8 Å². The van der Waals surface area contributed by atoms with Crippen molar-refractivity contribution in [2.75, 3.05) is 18.5 Å². The molecule has 3 atom stereocenters. The Labute approximate surface area is 215 Å². The molecule has 4 N–H and O–H groups in total. The van der Waals surface area contributed by atoms with E-state index in [4.69, 9.17) is 4.99 Å². The first kappa shape index (κ1) is 26.3. The molecule has 2 unspecified atom stereocenters. The summed E-state index contributed by atoms with van der Waals surface area (Å²) in [6.45, 7) is 8.22. The fraction of sp³-hybridized carbons (Fsp3) is 0.524. The maximum absolute atomic E-state index is 13.1. The van der Waals surface area contributed by atoms with E-state index in [2.05, 4.69) is 34.8 Å². The molecule has 4 rings (SSSR count). The van der Waals surface area contributed by atoms with E-state index in [0.717, 1.165) is 21.1 Å². The Morgan fingerprint density at radius 2 is 2.17 bits per heavy atom. The van der Waals surface area contributed by atoms with Crippen molar-refractivity contribution in [2.45, 2.75) is 56.8 Å². The van der Waals surface area contributed by atoms with Gasteiger partial charge in [0.05, 0.1) is 18.3 Å². The van der Waals surface area contributed by atoms with Gasteiger partial charge in [0.2, 0.25) is 11.3 Å². The van der Waals surface area contributed by atoms with Crippen LogP contribution in [-0.4, -0.2) is 55.4 Å². The highest BCUT2D eigenvalue weighted by Gasteiger charge is 2.38. The zero-order chi connectivity index (χ0) is 25.5. The largest absolute Gasteiger partial charge is 0.548 e. The standard InChI is InChI=1S/C21H29N5O5S4/c1-12-7-8-15(33-12)17(21(2,3)4)23-19-18(24-34(29)25-19)22-14-11-32-20(16(14)28)35(30,31)26-9-5-6-13(26)10-27/h7-8,11,13,17,27-28H,5-6,9-10H2,1-4H3,(H,22,24)(H,23,25)/t13?,17-,34?/m0/s1. The number of rotatable bonds is 7. The van der Waals surface area contributed by atoms with Crippen LogP contribution in [0.5, 0.6) is 5.75 Å². The second kappa shape index (κ2) is 9.92. The molecule has 0 saturated carbocycles. The molecule has 0 aromatic carbocycles. The summed E-state index contributed by atoms with van der Waals surface area (Å²) in [5, 5.41) is 24.7. The Balaban J connectivity index is 1.69. The smallest absolute Gasteiger partial charge is 0.256 e. The van der Waals surface area contributed by atoms with Gasteiger partial charge in [0, 0.05) is 32.1 Å². The van der Waals surface area contributed by atoms with Crippen molar-refractivity contribution in [3.8, 4) is 5.75 Å². The first-order valence-electron chi connectivity index (χ1n) is 11.0. The van der Waals surface area contributed by atoms with Crippen molar-refractivity contribution in [3.63, 3.8) is 0 Å². The van der Waals surface area contributed by atoms with E-state index in [1.807, 2.05) is 19.1 Å². The summed E-state index contributed by atoms with van der Waals surface area (Å²) in [6, 6.07) is 3.30. The second-order valence-electron chi connectivity index (χ2n) is 9.49. The van der Waals surface area contributed by atoms with E-state index in [1.54, 1.807) is 11.3 Å². The average molecular weight is 560 g/mol. The number of aliphatic hydroxyl groups excluding tert-OH is 1. The minimum absolute atomic E-state index is 0.125. The van der Waals surface area contributed by atoms with Crippen molar-refractivity contribution >= 4 is 55.3 Å². The Hall–Kier alpha value is -1.81. The summed E-state index contributed by atoms with van der Waals surface area (Å²) >= 11 is 0.748. The third kappa shape index (κ3) is 5.33. The van der Waals surface area contributed by atoms with Crippen LogP contribution in [0, 0.1) is 12.3 Å². The first-order chi connectivity index (χ1) is 16.4. The summed E-state index contributed by atoms with van der Waals surface area (Å²) in [5.41, 5.74) is 0.148. The Bertz CT molecular complexity index is 1370. The zero-order valence-electron chi connectivity index (χ0n) is 19.8. The normalized spacial score (nSPS) is 19.4. The number of sulfonamides is 1. The van der Waals surface area contributed by atoms with E-state index in [1.165, 1.54) is 9.69 Å². The van der Waals surface area contributed by atoms with Crippen molar-refractivity contribution < 1.29 is 23.2 Å². The van der Waals surface area contributed by atoms with E-state index in [-0.39, 0.29) is 45.8 Å². The van der Waals surface area contributed by atoms with Crippen molar-refractivity contribution in [1.82, 2.24) is 13.1 Å². The number of nitrogens with one attached hydrogen (secondary N) is 2. The molecule has 1 aliphatic rings. The monoisotopic (exact) mass is 559 g/mol. The molecule has 1 fully saturated rings. The van der Waals surface area contributed by atoms with Crippen molar-refractivity contribution in [1.29, 1.82) is 0 Å². The number of aliphatic hydroxyl groups is 1. The SMILES string of the molecule is Cc1ccc([C@H](N=c2[nH][s+]([O-])nc2Nc2csc(S(=O)(=O)N3CCCC3CO)c2O)C(C)(C)C)s1. The van der Waals surface area contributed by atoms with Gasteiger partial charge in [-0.2, -0.15) is 4.31 Å². The molecule has 35 heavy (non-hydrogen) atoms. The van der Waals surface area contributed by atoms with Gasteiger partial charge < -0.3 is 20.1 Å². The number of aryl methyl sites for hydroxylation is 1. The Morgan fingerprint density at radius 1 is 1.43 bits per heavy atom. The average Bonchev–Trinajstić information content (AvgIpc) is 3.54. The maximum Gasteiger partial charge on any atom is 0.256 e. The summed E-state index contributed by atoms with van der Waals surface area (Å²) in [5.74, 6) is -0.295. The lowest BCUT2D eigenvalue weighted by Crippen LogP contribution is -2.37. The van der Waals surface area contributed by atoms with Gasteiger partial charge >= 0.3 is 0 Å². The number of aromatic amines is 1. The minimum Gasteiger partial charge on any atom is -0.548 e. The molecule has 0 amide bonds. The molecule has 0 spiro atoms. The van der Waals surface area contributed by atoms with Crippen LogP contribution in [0.25, 0.3) is 0 Å². The summed E-state index contributed by atoms with van der Waals surface area (Å²) in [7, 11) is -3.98. The van der Waals surface area contributed by atoms with Gasteiger partial charge in [-0.15, -0.1) is 27.0 Å². The lowest BCUT2D eigenvalue weighted by atomic mass is 9.86. The number of aromatic hydroxyl groups is 1. The Kier molecular flexibility index (Phi) is 7.44. The van der Waals surface area contributed by atoms with Crippen molar-refractivity contribution in [2.24, 2.45) is 10.4 Å². The summed E-state index contributed by atoms with van der Waals surface area (Å²) in [6.07, 6.45) is 1.22. The molecule has 0 bridgehead atoms. The highest BCUT2D eigenvalue weighted by molar-refractivity contribution is 7.91. The topological polar surface area (TPSA) is 154 Å². The summed E-state index contributed by atoms with van der Waals surface area (Å²) in [4.78, 5) is 7.03. The van der Waals surface area contributed by atoms with Gasteiger partial charge in [-0.25, -0.2) is 8.42 Å². The molecular formula is C21H29N5O5S4. The lowest BCUT2D eigenvalue weighted by molar-refractivity contribution is 0.213. The predicted octanol–water partition coefficient (Wildman–Crippen LogP) is 3.85. The minimum atomic E-state index is -3.98. The van der Waals surface area contributed by atoms with Crippen LogP contribution >= 0.6 is 33.8 Å². The highest BCUT2D eigenvalue weighted by atomic mass is 32.2. The van der Waals surface area contributed by atoms with Gasteiger partial charge in [0.15, 0.2) is 21.1 Å². The van der Waals surface area contributed by atoms with Crippen LogP contribution in [0.1, 0.15) is 49.4 Å². The fourth-order valence-electron chi connectivity index (χ4n) is 4.01. The molecule has 0 radical (unpaired) electrons. The third-order valence-corrected chi connectivity index (χ3v) is 11.0. The molecule has 4 heterocycles. The Morgan fingerprint density at radius 3 is 2.80 bits per heavy atom. The van der Waals surface area contributed by atoms with Crippen LogP contribution in [0.4, 0.5) is 11.5 Å². The van der Waals surface area contributed by atoms with Gasteiger partial charge in [-0.05, 0) is 37.3 Å².